The normalized spacial score (nSPS) is 1.50. The Morgan fingerprint density at radius 1 is 1.17 bits per heavy atom. The smallest absolute Gasteiger partial charge is 1.00 e. The van der Waals surface area contributed by atoms with E-state index in [0.717, 1.165) is 0 Å². The third-order valence-corrected chi connectivity index (χ3v) is 0. The van der Waals surface area contributed by atoms with Gasteiger partial charge >= 0.3 is 62.9 Å². The summed E-state index contributed by atoms with van der Waals surface area (Å²) in [4.78, 5) is 0. The van der Waals surface area contributed by atoms with Crippen LogP contribution in [0.5, 0.6) is 0 Å². The standard InChI is InChI=1S/CN.ClH.Cu.2Li/c1-2;;;;/h;1H;;;/q-1;;3*+1/p-1. The van der Waals surface area contributed by atoms with Gasteiger partial charge in [0.1, 0.15) is 0 Å². The van der Waals surface area contributed by atoms with Crippen LogP contribution in [0.4, 0.5) is 0 Å². The molecule has 0 amide bonds. The molecule has 1 nitrogen and oxygen atoms in total. The van der Waals surface area contributed by atoms with Gasteiger partial charge in [0.25, 0.3) is 0 Å². The monoisotopic (exact) mass is 138 g/mol. The summed E-state index contributed by atoms with van der Waals surface area (Å²) in [6.45, 7) is 4.75. The van der Waals surface area contributed by atoms with Crippen LogP contribution in [-0.2, 0) is 15.1 Å². The van der Waals surface area contributed by atoms with E-state index in [2.05, 4.69) is 25.2 Å². The first-order chi connectivity index (χ1) is 2.00. The molecular formula is CClCuLi2N+. The zero-order valence-corrected chi connectivity index (χ0v) is 5.32. The molecule has 0 aliphatic rings. The van der Waals surface area contributed by atoms with E-state index in [-0.39, 0.29) is 37.7 Å². The van der Waals surface area contributed by atoms with E-state index < -0.39 is 0 Å². The molecule has 0 N–H and O–H groups in total. The molecule has 0 rings (SSSR count). The van der Waals surface area contributed by atoms with Gasteiger partial charge in [-0.3, -0.25) is 0 Å². The average molecular weight is 139 g/mol. The minimum Gasteiger partial charge on any atom is 1.00 e. The fourth-order valence-corrected chi connectivity index (χ4v) is 0. The largest absolute Gasteiger partial charge is 1.00 e. The summed E-state index contributed by atoms with van der Waals surface area (Å²) in [5.41, 5.74) is 0. The first-order valence-electron chi connectivity index (χ1n) is 0.338. The Morgan fingerprint density at radius 3 is 1.17 bits per heavy atom. The summed E-state index contributed by atoms with van der Waals surface area (Å²) in [5.74, 6) is 0. The molecule has 0 radical (unpaired) electrons. The van der Waals surface area contributed by atoms with E-state index in [1.54, 1.807) is 0 Å². The second-order valence-corrected chi connectivity index (χ2v) is 0. The van der Waals surface area contributed by atoms with Gasteiger partial charge in [-0.2, -0.15) is 0 Å². The van der Waals surface area contributed by atoms with Gasteiger partial charge in [-0.25, -0.2) is 0 Å². The molecule has 0 saturated heterocycles. The summed E-state index contributed by atoms with van der Waals surface area (Å²) in [6, 6.07) is 0. The fraction of sp³-hybridized carbons (Fsp3) is 0. The van der Waals surface area contributed by atoms with Crippen molar-refractivity contribution in [2.24, 2.45) is 0 Å². The van der Waals surface area contributed by atoms with Crippen LogP contribution in [0.2, 0.25) is 0 Å². The summed E-state index contributed by atoms with van der Waals surface area (Å²) >= 11 is 3.66. The maximum absolute atomic E-state index is 6.25. The minimum atomic E-state index is 0. The van der Waals surface area contributed by atoms with Crippen molar-refractivity contribution in [2.45, 2.75) is 0 Å². The molecule has 6 heavy (non-hydrogen) atoms. The number of rotatable bonds is 0. The van der Waals surface area contributed by atoms with Crippen molar-refractivity contribution in [3.05, 3.63) is 6.57 Å². The molecule has 0 aliphatic carbocycles. The molecule has 0 aromatic heterocycles. The van der Waals surface area contributed by atoms with Crippen LogP contribution in [0.3, 0.4) is 0 Å². The number of hydrogen-bond donors (Lipinski definition) is 0. The molecule has 0 aromatic carbocycles. The number of halogens is 1. The fourth-order valence-electron chi connectivity index (χ4n) is 0. The minimum absolute atomic E-state index is 0. The molecule has 5 heteroatoms. The Balaban J connectivity index is -0.00000000500. The Hall–Kier alpha value is 1.49. The van der Waals surface area contributed by atoms with Gasteiger partial charge in [-0.1, -0.05) is 0 Å². The molecule has 0 unspecified atom stereocenters. The van der Waals surface area contributed by atoms with Crippen LogP contribution in [0, 0.1) is 11.8 Å². The first-order valence-corrected chi connectivity index (χ1v) is 1.63. The zero-order valence-electron chi connectivity index (χ0n) is 3.63. The van der Waals surface area contributed by atoms with Gasteiger partial charge in [0.15, 0.2) is 0 Å². The Morgan fingerprint density at radius 2 is 1.17 bits per heavy atom. The summed E-state index contributed by atoms with van der Waals surface area (Å²) in [7, 11) is 4.20. The van der Waals surface area contributed by atoms with Crippen molar-refractivity contribution < 1.29 is 52.8 Å². The Kier molecular flexibility index (Phi) is 379. The van der Waals surface area contributed by atoms with E-state index >= 15 is 0 Å². The molecule has 0 aromatic rings. The van der Waals surface area contributed by atoms with E-state index in [9.17, 15) is 0 Å². The van der Waals surface area contributed by atoms with Crippen LogP contribution in [0.1, 0.15) is 0 Å². The maximum atomic E-state index is 6.25. The quantitative estimate of drug-likeness (QED) is 0.243. The van der Waals surface area contributed by atoms with Crippen LogP contribution < -0.4 is 37.7 Å². The summed E-state index contributed by atoms with van der Waals surface area (Å²) < 4.78 is 0. The molecule has 28 valence electrons. The van der Waals surface area contributed by atoms with E-state index in [4.69, 9.17) is 11.8 Å². The van der Waals surface area contributed by atoms with Crippen molar-refractivity contribution >= 4 is 10.1 Å². The van der Waals surface area contributed by atoms with Crippen molar-refractivity contribution in [3.8, 4) is 0 Å². The van der Waals surface area contributed by atoms with Gasteiger partial charge in [-0.05, 0) is 0 Å². The van der Waals surface area contributed by atoms with Crippen LogP contribution >= 0.6 is 10.1 Å². The molecule has 0 aliphatic heterocycles. The van der Waals surface area contributed by atoms with Crippen LogP contribution in [0.15, 0.2) is 0 Å². The molecule has 0 saturated carbocycles. The second-order valence-electron chi connectivity index (χ2n) is 0. The number of hydrogen-bond acceptors (Lipinski definition) is 1. The molecule has 0 bridgehead atoms. The molecular weight excluding hydrogens is 139 g/mol. The van der Waals surface area contributed by atoms with Gasteiger partial charge in [0.05, 0.1) is 0 Å². The van der Waals surface area contributed by atoms with E-state index in [1.807, 2.05) is 0 Å². The molecule has 0 spiro atoms. The average Bonchev–Trinajstić information content (AvgIpc) is 1.50. The molecule has 0 fully saturated rings. The number of nitrogens with zero attached hydrogens (tertiary/aromatic N) is 1. The van der Waals surface area contributed by atoms with Gasteiger partial charge in [0, 0.05) is 0 Å². The van der Waals surface area contributed by atoms with E-state index in [0.29, 0.717) is 0 Å². The molecule has 0 atom stereocenters. The van der Waals surface area contributed by atoms with Crippen LogP contribution in [0.25, 0.3) is 0 Å². The Bertz CT molecular complexity index is 18.3. The van der Waals surface area contributed by atoms with Crippen molar-refractivity contribution in [1.29, 1.82) is 5.26 Å². The van der Waals surface area contributed by atoms with Crippen molar-refractivity contribution in [3.63, 3.8) is 0 Å². The van der Waals surface area contributed by atoms with Gasteiger partial charge in [0.2, 0.25) is 0 Å². The zero-order chi connectivity index (χ0) is 4.00. The van der Waals surface area contributed by atoms with Gasteiger partial charge < -0.3 is 11.8 Å². The third-order valence-electron chi connectivity index (χ3n) is 0. The Labute approximate surface area is 74.2 Å². The topological polar surface area (TPSA) is 23.8 Å². The van der Waals surface area contributed by atoms with Gasteiger partial charge in [-0.15, -0.1) is 0 Å². The predicted molar refractivity (Wildman–Crippen MR) is 10.8 cm³/mol. The van der Waals surface area contributed by atoms with Crippen LogP contribution in [-0.4, -0.2) is 0 Å². The van der Waals surface area contributed by atoms with E-state index in [1.165, 1.54) is 0 Å². The van der Waals surface area contributed by atoms with Crippen molar-refractivity contribution in [2.75, 3.05) is 0 Å². The third kappa shape index (κ3) is 49.7. The molecule has 0 heterocycles. The maximum Gasteiger partial charge on any atom is 1.00 e. The predicted octanol–water partition coefficient (Wildman–Crippen LogP) is -5.21. The summed E-state index contributed by atoms with van der Waals surface area (Å²) in [5, 5.41) is 6.25. The second kappa shape index (κ2) is 87.8. The summed E-state index contributed by atoms with van der Waals surface area (Å²) in [6.07, 6.45) is 0. The first kappa shape index (κ1) is 25.9. The SMILES string of the molecule is [C-]#N.[Cl][Cu].[Li+].[Li+]. The van der Waals surface area contributed by atoms with Crippen molar-refractivity contribution in [1.82, 2.24) is 0 Å².